The summed E-state index contributed by atoms with van der Waals surface area (Å²) in [7, 11) is 1.52. The van der Waals surface area contributed by atoms with Crippen LogP contribution in [0.15, 0.2) is 0 Å². The number of carbonyl (C=O) groups is 2. The number of hydrogen-bond acceptors (Lipinski definition) is 3. The number of rotatable bonds is 0. The monoisotopic (exact) mass is 145 g/mol. The molecule has 0 aromatic rings. The summed E-state index contributed by atoms with van der Waals surface area (Å²) in [6.07, 6.45) is 0. The first-order valence-electron chi connectivity index (χ1n) is 2.59. The highest BCUT2D eigenvalue weighted by Crippen LogP contribution is 2.09. The summed E-state index contributed by atoms with van der Waals surface area (Å²) in [5.41, 5.74) is 0. The second-order valence-electron chi connectivity index (χ2n) is 1.84. The van der Waals surface area contributed by atoms with E-state index >= 15 is 0 Å². The summed E-state index contributed by atoms with van der Waals surface area (Å²) >= 11 is 1.37. The maximum absolute atomic E-state index is 10.7. The lowest BCUT2D eigenvalue weighted by Gasteiger charge is -2.18. The van der Waals surface area contributed by atoms with E-state index in [2.05, 4.69) is 0 Å². The molecule has 0 saturated carbocycles. The van der Waals surface area contributed by atoms with Gasteiger partial charge in [0.15, 0.2) is 0 Å². The van der Waals surface area contributed by atoms with Gasteiger partial charge in [0.1, 0.15) is 0 Å². The van der Waals surface area contributed by atoms with Crippen LogP contribution >= 0.6 is 11.8 Å². The third-order valence-corrected chi connectivity index (χ3v) is 2.10. The van der Waals surface area contributed by atoms with Gasteiger partial charge in [0.05, 0.1) is 11.5 Å². The van der Waals surface area contributed by atoms with Crippen molar-refractivity contribution in [3.8, 4) is 0 Å². The molecule has 1 fully saturated rings. The van der Waals surface area contributed by atoms with Crippen molar-refractivity contribution in [2.75, 3.05) is 18.6 Å². The highest BCUT2D eigenvalue weighted by atomic mass is 32.2. The highest BCUT2D eigenvalue weighted by molar-refractivity contribution is 8.00. The van der Waals surface area contributed by atoms with Crippen molar-refractivity contribution < 1.29 is 9.59 Å². The van der Waals surface area contributed by atoms with Crippen molar-refractivity contribution in [3.05, 3.63) is 0 Å². The van der Waals surface area contributed by atoms with E-state index in [-0.39, 0.29) is 11.8 Å². The molecule has 0 aromatic carbocycles. The van der Waals surface area contributed by atoms with Gasteiger partial charge < -0.3 is 0 Å². The van der Waals surface area contributed by atoms with Crippen LogP contribution < -0.4 is 0 Å². The molecule has 0 atom stereocenters. The first kappa shape index (κ1) is 6.61. The summed E-state index contributed by atoms with van der Waals surface area (Å²) in [6.45, 7) is 0. The molecular formula is C5H7NO2S. The first-order chi connectivity index (χ1) is 4.22. The molecule has 0 radical (unpaired) electrons. The number of nitrogens with zero attached hydrogens (tertiary/aromatic N) is 1. The van der Waals surface area contributed by atoms with Gasteiger partial charge in [-0.15, -0.1) is 11.8 Å². The Hall–Kier alpha value is -0.510. The summed E-state index contributed by atoms with van der Waals surface area (Å²) in [4.78, 5) is 22.6. The minimum atomic E-state index is -0.0868. The fourth-order valence-corrected chi connectivity index (χ4v) is 1.40. The van der Waals surface area contributed by atoms with E-state index in [1.54, 1.807) is 0 Å². The minimum Gasteiger partial charge on any atom is -0.284 e. The number of thioether (sulfide) groups is 1. The van der Waals surface area contributed by atoms with E-state index < -0.39 is 0 Å². The molecule has 0 spiro atoms. The quantitative estimate of drug-likeness (QED) is 0.440. The smallest absolute Gasteiger partial charge is 0.238 e. The second kappa shape index (κ2) is 2.39. The van der Waals surface area contributed by atoms with E-state index in [1.165, 1.54) is 23.7 Å². The number of hydrogen-bond donors (Lipinski definition) is 0. The van der Waals surface area contributed by atoms with Gasteiger partial charge in [-0.3, -0.25) is 14.5 Å². The lowest BCUT2D eigenvalue weighted by molar-refractivity contribution is -0.140. The zero-order valence-corrected chi connectivity index (χ0v) is 5.90. The maximum Gasteiger partial charge on any atom is 0.238 e. The number of amides is 2. The molecule has 1 heterocycles. The van der Waals surface area contributed by atoms with Crippen molar-refractivity contribution in [3.63, 3.8) is 0 Å². The highest BCUT2D eigenvalue weighted by Gasteiger charge is 2.21. The molecule has 0 bridgehead atoms. The standard InChI is InChI=1S/C5H7NO2S/c1-6-4(7)2-9-3-5(6)8/h2-3H2,1H3. The zero-order valence-electron chi connectivity index (χ0n) is 5.09. The lowest BCUT2D eigenvalue weighted by Crippen LogP contribution is -2.39. The Morgan fingerprint density at radius 3 is 2.11 bits per heavy atom. The summed E-state index contributed by atoms with van der Waals surface area (Å²) in [5.74, 6) is 0.720. The van der Waals surface area contributed by atoms with Crippen LogP contribution in [-0.4, -0.2) is 35.3 Å². The van der Waals surface area contributed by atoms with Crippen LogP contribution in [0.2, 0.25) is 0 Å². The van der Waals surface area contributed by atoms with Gasteiger partial charge in [0.25, 0.3) is 0 Å². The largest absolute Gasteiger partial charge is 0.284 e. The molecule has 2 amide bonds. The Balaban J connectivity index is 2.62. The normalized spacial score (nSPS) is 20.8. The first-order valence-corrected chi connectivity index (χ1v) is 3.74. The van der Waals surface area contributed by atoms with Crippen LogP contribution in [0.1, 0.15) is 0 Å². The number of imide groups is 1. The fourth-order valence-electron chi connectivity index (χ4n) is 0.558. The van der Waals surface area contributed by atoms with Gasteiger partial charge in [-0.25, -0.2) is 0 Å². The summed E-state index contributed by atoms with van der Waals surface area (Å²) in [5, 5.41) is 0. The molecule has 9 heavy (non-hydrogen) atoms. The lowest BCUT2D eigenvalue weighted by atomic mass is 10.5. The molecule has 1 saturated heterocycles. The zero-order chi connectivity index (χ0) is 6.85. The van der Waals surface area contributed by atoms with Crippen LogP contribution in [0.4, 0.5) is 0 Å². The third-order valence-electron chi connectivity index (χ3n) is 1.20. The van der Waals surface area contributed by atoms with Gasteiger partial charge in [0, 0.05) is 7.05 Å². The van der Waals surface area contributed by atoms with Gasteiger partial charge in [-0.1, -0.05) is 0 Å². The molecule has 0 unspecified atom stereocenters. The van der Waals surface area contributed by atoms with Crippen LogP contribution in [0.5, 0.6) is 0 Å². The van der Waals surface area contributed by atoms with Crippen molar-refractivity contribution in [1.29, 1.82) is 0 Å². The van der Waals surface area contributed by atoms with E-state index in [4.69, 9.17) is 0 Å². The van der Waals surface area contributed by atoms with Crippen molar-refractivity contribution in [2.24, 2.45) is 0 Å². The van der Waals surface area contributed by atoms with E-state index in [9.17, 15) is 9.59 Å². The third kappa shape index (κ3) is 1.24. The Labute approximate surface area is 57.4 Å². The van der Waals surface area contributed by atoms with E-state index in [1.807, 2.05) is 0 Å². The average molecular weight is 145 g/mol. The summed E-state index contributed by atoms with van der Waals surface area (Å²) < 4.78 is 0. The van der Waals surface area contributed by atoms with Gasteiger partial charge in [-0.2, -0.15) is 0 Å². The van der Waals surface area contributed by atoms with Crippen molar-refractivity contribution >= 4 is 23.6 Å². The Bertz CT molecular complexity index is 141. The number of carbonyl (C=O) groups excluding carboxylic acids is 2. The Kier molecular flexibility index (Phi) is 1.75. The molecule has 1 aliphatic heterocycles. The van der Waals surface area contributed by atoms with E-state index in [0.717, 1.165) is 0 Å². The molecular weight excluding hydrogens is 138 g/mol. The van der Waals surface area contributed by atoms with Gasteiger partial charge >= 0.3 is 0 Å². The van der Waals surface area contributed by atoms with Gasteiger partial charge in [0.2, 0.25) is 11.8 Å². The molecule has 0 aliphatic carbocycles. The maximum atomic E-state index is 10.7. The summed E-state index contributed by atoms with van der Waals surface area (Å²) in [6, 6.07) is 0. The van der Waals surface area contributed by atoms with Crippen molar-refractivity contribution in [2.45, 2.75) is 0 Å². The van der Waals surface area contributed by atoms with Crippen LogP contribution in [-0.2, 0) is 9.59 Å². The van der Waals surface area contributed by atoms with Crippen LogP contribution in [0.3, 0.4) is 0 Å². The van der Waals surface area contributed by atoms with Gasteiger partial charge in [-0.05, 0) is 0 Å². The predicted molar refractivity (Wildman–Crippen MR) is 35.1 cm³/mol. The molecule has 50 valence electrons. The molecule has 4 heteroatoms. The Morgan fingerprint density at radius 2 is 1.78 bits per heavy atom. The van der Waals surface area contributed by atoms with E-state index in [0.29, 0.717) is 11.5 Å². The molecule has 1 rings (SSSR count). The molecule has 0 N–H and O–H groups in total. The SMILES string of the molecule is CN1C(=O)CSCC1=O. The van der Waals surface area contributed by atoms with Crippen LogP contribution in [0, 0.1) is 0 Å². The van der Waals surface area contributed by atoms with Crippen molar-refractivity contribution in [1.82, 2.24) is 4.90 Å². The predicted octanol–water partition coefficient (Wildman–Crippen LogP) is -0.282. The minimum absolute atomic E-state index is 0.0868. The van der Waals surface area contributed by atoms with Crippen LogP contribution in [0.25, 0.3) is 0 Å². The molecule has 1 aliphatic rings. The average Bonchev–Trinajstić information content (AvgIpc) is 1.83. The second-order valence-corrected chi connectivity index (χ2v) is 2.82. The topological polar surface area (TPSA) is 37.4 Å². The molecule has 0 aromatic heterocycles. The molecule has 3 nitrogen and oxygen atoms in total. The fraction of sp³-hybridized carbons (Fsp3) is 0.600. The Morgan fingerprint density at radius 1 is 1.33 bits per heavy atom.